The molecule has 1 rings (SSSR count). The molecule has 0 spiro atoms. The van der Waals surface area contributed by atoms with E-state index in [0.29, 0.717) is 12.1 Å². The molecule has 1 amide bonds. The highest BCUT2D eigenvalue weighted by Crippen LogP contribution is 2.15. The van der Waals surface area contributed by atoms with Crippen LogP contribution < -0.4 is 4.90 Å². The Morgan fingerprint density at radius 3 is 2.09 bits per heavy atom. The first kappa shape index (κ1) is 18.5. The van der Waals surface area contributed by atoms with Crippen LogP contribution in [-0.2, 0) is 9.84 Å². The van der Waals surface area contributed by atoms with E-state index in [2.05, 4.69) is 0 Å². The first-order valence-corrected chi connectivity index (χ1v) is 9.32. The van der Waals surface area contributed by atoms with E-state index < -0.39 is 9.84 Å². The van der Waals surface area contributed by atoms with Gasteiger partial charge in [0.1, 0.15) is 0 Å². The van der Waals surface area contributed by atoms with Crippen molar-refractivity contribution in [2.24, 2.45) is 0 Å². The molecule has 0 fully saturated rings. The van der Waals surface area contributed by atoms with Crippen LogP contribution in [0, 0.1) is 0 Å². The molecule has 0 saturated heterocycles. The minimum absolute atomic E-state index is 0.00113. The van der Waals surface area contributed by atoms with E-state index in [0.717, 1.165) is 5.69 Å². The highest BCUT2D eigenvalue weighted by Gasteiger charge is 2.24. The topological polar surface area (TPSA) is 57.7 Å². The molecular weight excluding hydrogens is 300 g/mol. The van der Waals surface area contributed by atoms with Crippen LogP contribution >= 0.6 is 0 Å². The van der Waals surface area contributed by atoms with Crippen LogP contribution in [0.1, 0.15) is 31.1 Å². The summed E-state index contributed by atoms with van der Waals surface area (Å²) in [7, 11) is 0.767. The number of anilines is 1. The van der Waals surface area contributed by atoms with E-state index in [9.17, 15) is 13.2 Å². The predicted octanol–water partition coefficient (Wildman–Crippen LogP) is 2.04. The Bertz CT molecular complexity index is 594. The fraction of sp³-hybridized carbons (Fsp3) is 0.562. The van der Waals surface area contributed by atoms with Crippen molar-refractivity contribution >= 4 is 21.4 Å². The van der Waals surface area contributed by atoms with E-state index in [1.165, 1.54) is 0 Å². The fourth-order valence-electron chi connectivity index (χ4n) is 2.30. The van der Waals surface area contributed by atoms with Crippen molar-refractivity contribution in [1.82, 2.24) is 4.90 Å². The Kier molecular flexibility index (Phi) is 6.41. The van der Waals surface area contributed by atoms with E-state index >= 15 is 0 Å². The SMILES string of the molecule is CCN(C(=O)c1ccc(N(C)C)cc1)[C@@H](C)CS(=O)(=O)CC. The van der Waals surface area contributed by atoms with Crippen molar-refractivity contribution in [2.45, 2.75) is 26.8 Å². The maximum atomic E-state index is 12.6. The molecule has 0 N–H and O–H groups in total. The fourth-order valence-corrected chi connectivity index (χ4v) is 3.45. The summed E-state index contributed by atoms with van der Waals surface area (Å²) in [5, 5.41) is 0. The molecule has 124 valence electrons. The average molecular weight is 326 g/mol. The van der Waals surface area contributed by atoms with E-state index in [-0.39, 0.29) is 23.5 Å². The smallest absolute Gasteiger partial charge is 0.254 e. The van der Waals surface area contributed by atoms with Gasteiger partial charge >= 0.3 is 0 Å². The number of carbonyl (C=O) groups is 1. The van der Waals surface area contributed by atoms with Gasteiger partial charge in [-0.15, -0.1) is 0 Å². The summed E-state index contributed by atoms with van der Waals surface area (Å²) in [6.07, 6.45) is 0. The molecule has 0 saturated carbocycles. The van der Waals surface area contributed by atoms with Crippen molar-refractivity contribution in [3.63, 3.8) is 0 Å². The second-order valence-electron chi connectivity index (χ2n) is 5.58. The van der Waals surface area contributed by atoms with Crippen molar-refractivity contribution in [3.8, 4) is 0 Å². The molecule has 0 aromatic heterocycles. The molecule has 0 aliphatic heterocycles. The van der Waals surface area contributed by atoms with Gasteiger partial charge in [0.2, 0.25) is 0 Å². The number of rotatable bonds is 7. The molecule has 0 unspecified atom stereocenters. The van der Waals surface area contributed by atoms with Gasteiger partial charge in [0.15, 0.2) is 9.84 Å². The lowest BCUT2D eigenvalue weighted by Crippen LogP contribution is -2.42. The Labute approximate surface area is 133 Å². The van der Waals surface area contributed by atoms with Crippen LogP contribution in [0.25, 0.3) is 0 Å². The lowest BCUT2D eigenvalue weighted by molar-refractivity contribution is 0.0719. The van der Waals surface area contributed by atoms with Crippen LogP contribution in [0.5, 0.6) is 0 Å². The molecule has 6 heteroatoms. The van der Waals surface area contributed by atoms with Gasteiger partial charge in [-0.1, -0.05) is 6.92 Å². The zero-order chi connectivity index (χ0) is 16.9. The number of amides is 1. The van der Waals surface area contributed by atoms with Gasteiger partial charge in [0, 0.05) is 43.7 Å². The van der Waals surface area contributed by atoms with Gasteiger partial charge < -0.3 is 9.80 Å². The quantitative estimate of drug-likeness (QED) is 0.769. The molecule has 0 radical (unpaired) electrons. The molecule has 22 heavy (non-hydrogen) atoms. The summed E-state index contributed by atoms with van der Waals surface area (Å²) in [6, 6.07) is 6.99. The van der Waals surface area contributed by atoms with E-state index in [1.807, 2.05) is 38.1 Å². The van der Waals surface area contributed by atoms with E-state index in [4.69, 9.17) is 0 Å². The Morgan fingerprint density at radius 1 is 1.14 bits per heavy atom. The summed E-state index contributed by atoms with van der Waals surface area (Å²) in [5.74, 6) is -0.0361. The Hall–Kier alpha value is -1.56. The van der Waals surface area contributed by atoms with Gasteiger partial charge in [-0.05, 0) is 38.1 Å². The van der Waals surface area contributed by atoms with Crippen molar-refractivity contribution in [3.05, 3.63) is 29.8 Å². The van der Waals surface area contributed by atoms with Crippen LogP contribution in [0.2, 0.25) is 0 Å². The number of nitrogens with zero attached hydrogens (tertiary/aromatic N) is 2. The number of sulfone groups is 1. The van der Waals surface area contributed by atoms with Crippen molar-refractivity contribution in [1.29, 1.82) is 0 Å². The monoisotopic (exact) mass is 326 g/mol. The second kappa shape index (κ2) is 7.63. The molecular formula is C16H26N2O3S. The average Bonchev–Trinajstić information content (AvgIpc) is 2.47. The van der Waals surface area contributed by atoms with Crippen LogP contribution in [0.15, 0.2) is 24.3 Å². The molecule has 1 atom stereocenters. The highest BCUT2D eigenvalue weighted by molar-refractivity contribution is 7.91. The lowest BCUT2D eigenvalue weighted by atomic mass is 10.1. The Balaban J connectivity index is 2.92. The van der Waals surface area contributed by atoms with Gasteiger partial charge in [-0.25, -0.2) is 8.42 Å². The maximum absolute atomic E-state index is 12.6. The molecule has 5 nitrogen and oxygen atoms in total. The third kappa shape index (κ3) is 4.73. The summed E-state index contributed by atoms with van der Waals surface area (Å²) in [4.78, 5) is 16.2. The number of carbonyl (C=O) groups excluding carboxylic acids is 1. The largest absolute Gasteiger partial charge is 0.378 e. The number of benzene rings is 1. The first-order chi connectivity index (χ1) is 10.2. The first-order valence-electron chi connectivity index (χ1n) is 7.50. The third-order valence-corrected chi connectivity index (χ3v) is 5.57. The van der Waals surface area contributed by atoms with Gasteiger partial charge in [0.25, 0.3) is 5.91 Å². The Morgan fingerprint density at radius 2 is 1.68 bits per heavy atom. The summed E-state index contributed by atoms with van der Waals surface area (Å²) in [6.45, 7) is 5.75. The molecule has 0 aliphatic rings. The molecule has 1 aromatic rings. The third-order valence-electron chi connectivity index (χ3n) is 3.70. The molecule has 0 bridgehead atoms. The van der Waals surface area contributed by atoms with E-state index in [1.54, 1.807) is 30.9 Å². The second-order valence-corrected chi connectivity index (χ2v) is 7.98. The zero-order valence-electron chi connectivity index (χ0n) is 14.0. The van der Waals surface area contributed by atoms with Crippen LogP contribution in [-0.4, -0.2) is 57.4 Å². The highest BCUT2D eigenvalue weighted by atomic mass is 32.2. The zero-order valence-corrected chi connectivity index (χ0v) is 14.9. The predicted molar refractivity (Wildman–Crippen MR) is 91.3 cm³/mol. The van der Waals surface area contributed by atoms with Gasteiger partial charge in [-0.2, -0.15) is 0 Å². The molecule has 1 aromatic carbocycles. The van der Waals surface area contributed by atoms with Gasteiger partial charge in [-0.3, -0.25) is 4.79 Å². The van der Waals surface area contributed by atoms with Crippen LogP contribution in [0.4, 0.5) is 5.69 Å². The minimum Gasteiger partial charge on any atom is -0.378 e. The van der Waals surface area contributed by atoms with Gasteiger partial charge in [0.05, 0.1) is 5.75 Å². The molecule has 0 aliphatic carbocycles. The molecule has 0 heterocycles. The van der Waals surface area contributed by atoms with Crippen molar-refractivity contribution < 1.29 is 13.2 Å². The lowest BCUT2D eigenvalue weighted by Gasteiger charge is -2.28. The summed E-state index contributed by atoms with van der Waals surface area (Å²) in [5.41, 5.74) is 1.59. The minimum atomic E-state index is -3.11. The number of hydrogen-bond acceptors (Lipinski definition) is 4. The number of hydrogen-bond donors (Lipinski definition) is 0. The maximum Gasteiger partial charge on any atom is 0.254 e. The normalized spacial score (nSPS) is 12.8. The summed E-state index contributed by atoms with van der Waals surface area (Å²) < 4.78 is 23.5. The standard InChI is InChI=1S/C16H26N2O3S/c1-6-18(13(3)12-22(20,21)7-2)16(19)14-8-10-15(11-9-14)17(4)5/h8-11,13H,6-7,12H2,1-5H3/t13-/m0/s1. The van der Waals surface area contributed by atoms with Crippen molar-refractivity contribution in [2.75, 3.05) is 37.0 Å². The van der Waals surface area contributed by atoms with Crippen LogP contribution in [0.3, 0.4) is 0 Å². The summed E-state index contributed by atoms with van der Waals surface area (Å²) >= 11 is 0.